The molecule has 0 unspecified atom stereocenters. The van der Waals surface area contributed by atoms with Crippen molar-refractivity contribution >= 4 is 17.3 Å². The first-order valence-corrected chi connectivity index (χ1v) is 11.3. The lowest BCUT2D eigenvalue weighted by Gasteiger charge is -2.36. The molecule has 1 fully saturated rings. The Morgan fingerprint density at radius 2 is 1.50 bits per heavy atom. The van der Waals surface area contributed by atoms with Crippen molar-refractivity contribution in [1.82, 2.24) is 4.90 Å². The summed E-state index contributed by atoms with van der Waals surface area (Å²) in [4.78, 5) is 4.67. The third kappa shape index (κ3) is 5.78. The average Bonchev–Trinajstić information content (AvgIpc) is 2.80. The van der Waals surface area contributed by atoms with E-state index in [1.165, 1.54) is 24.3 Å². The summed E-state index contributed by atoms with van der Waals surface area (Å²) in [5, 5.41) is 0.565. The second-order valence-corrected chi connectivity index (χ2v) is 8.59. The zero-order valence-electron chi connectivity index (χ0n) is 18.1. The van der Waals surface area contributed by atoms with Gasteiger partial charge < -0.3 is 9.64 Å². The summed E-state index contributed by atoms with van der Waals surface area (Å²) >= 11 is 6.36. The molecule has 168 valence electrons. The van der Waals surface area contributed by atoms with Crippen LogP contribution in [0.2, 0.25) is 5.02 Å². The Bertz CT molecular complexity index is 1020. The van der Waals surface area contributed by atoms with Gasteiger partial charge in [-0.3, -0.25) is 4.90 Å². The molecule has 32 heavy (non-hydrogen) atoms. The van der Waals surface area contributed by atoms with E-state index in [0.717, 1.165) is 56.0 Å². The highest BCUT2D eigenvalue weighted by Gasteiger charge is 2.21. The molecule has 0 aliphatic carbocycles. The van der Waals surface area contributed by atoms with Crippen LogP contribution >= 0.6 is 11.6 Å². The molecule has 1 heterocycles. The van der Waals surface area contributed by atoms with E-state index < -0.39 is 0 Å². The number of halogens is 3. The van der Waals surface area contributed by atoms with Crippen LogP contribution in [0.25, 0.3) is 0 Å². The third-order valence-electron chi connectivity index (χ3n) is 5.87. The highest BCUT2D eigenvalue weighted by Crippen LogP contribution is 2.32. The molecule has 3 aromatic rings. The van der Waals surface area contributed by atoms with Crippen molar-refractivity contribution in [3.05, 3.63) is 94.5 Å². The van der Waals surface area contributed by atoms with Crippen LogP contribution in [-0.2, 0) is 0 Å². The van der Waals surface area contributed by atoms with Crippen LogP contribution in [0.3, 0.4) is 0 Å². The number of anilines is 1. The normalized spacial score (nSPS) is 15.6. The van der Waals surface area contributed by atoms with Crippen LogP contribution < -0.4 is 9.64 Å². The molecule has 0 saturated carbocycles. The standard InChI is InChI=1S/C26H27ClF2N2O/c1-19-2-11-24(27)26(18-19)32-25(20-3-5-21(28)6-4-20)12-13-30-14-16-31(17-15-30)23-9-7-22(29)8-10-23/h2-11,18,25H,12-17H2,1H3/t25-/m1/s1. The predicted molar refractivity (Wildman–Crippen MR) is 126 cm³/mol. The summed E-state index contributed by atoms with van der Waals surface area (Å²) in [6.45, 7) is 6.45. The highest BCUT2D eigenvalue weighted by atomic mass is 35.5. The summed E-state index contributed by atoms with van der Waals surface area (Å²) in [6.07, 6.45) is 0.525. The molecule has 4 rings (SSSR count). The molecule has 0 N–H and O–H groups in total. The van der Waals surface area contributed by atoms with E-state index in [1.807, 2.05) is 37.3 Å². The molecule has 3 nitrogen and oxygen atoms in total. The largest absolute Gasteiger partial charge is 0.484 e. The number of hydrogen-bond donors (Lipinski definition) is 0. The van der Waals surface area contributed by atoms with Crippen molar-refractivity contribution in [2.24, 2.45) is 0 Å². The van der Waals surface area contributed by atoms with E-state index in [4.69, 9.17) is 16.3 Å². The van der Waals surface area contributed by atoms with Crippen LogP contribution in [0.5, 0.6) is 5.75 Å². The Balaban J connectivity index is 1.39. The monoisotopic (exact) mass is 456 g/mol. The molecule has 0 aromatic heterocycles. The Labute approximate surface area is 193 Å². The van der Waals surface area contributed by atoms with Gasteiger partial charge in [0.1, 0.15) is 23.5 Å². The van der Waals surface area contributed by atoms with Crippen molar-refractivity contribution < 1.29 is 13.5 Å². The Kier molecular flexibility index (Phi) is 7.28. The molecule has 0 bridgehead atoms. The number of hydrogen-bond acceptors (Lipinski definition) is 3. The van der Waals surface area contributed by atoms with Gasteiger partial charge in [-0.15, -0.1) is 0 Å². The van der Waals surface area contributed by atoms with E-state index in [-0.39, 0.29) is 17.7 Å². The molecular weight excluding hydrogens is 430 g/mol. The van der Waals surface area contributed by atoms with Crippen molar-refractivity contribution in [3.8, 4) is 5.75 Å². The molecule has 0 spiro atoms. The fraction of sp³-hybridized carbons (Fsp3) is 0.308. The summed E-state index contributed by atoms with van der Waals surface area (Å²) in [5.41, 5.74) is 3.04. The molecule has 0 radical (unpaired) electrons. The molecule has 1 aliphatic heterocycles. The highest BCUT2D eigenvalue weighted by molar-refractivity contribution is 6.32. The molecule has 1 atom stereocenters. The van der Waals surface area contributed by atoms with Gasteiger partial charge in [0.05, 0.1) is 5.02 Å². The molecule has 3 aromatic carbocycles. The van der Waals surface area contributed by atoms with Crippen molar-refractivity contribution in [3.63, 3.8) is 0 Å². The second kappa shape index (κ2) is 10.3. The quantitative estimate of drug-likeness (QED) is 0.417. The van der Waals surface area contributed by atoms with E-state index >= 15 is 0 Å². The zero-order valence-corrected chi connectivity index (χ0v) is 18.9. The van der Waals surface area contributed by atoms with Gasteiger partial charge in [0, 0.05) is 44.8 Å². The van der Waals surface area contributed by atoms with Crippen LogP contribution in [-0.4, -0.2) is 37.6 Å². The Hall–Kier alpha value is -2.63. The van der Waals surface area contributed by atoms with E-state index in [2.05, 4.69) is 9.80 Å². The van der Waals surface area contributed by atoms with E-state index in [9.17, 15) is 8.78 Å². The van der Waals surface area contributed by atoms with Gasteiger partial charge in [-0.25, -0.2) is 8.78 Å². The number of aryl methyl sites for hydroxylation is 1. The molecule has 0 amide bonds. The minimum Gasteiger partial charge on any atom is -0.484 e. The van der Waals surface area contributed by atoms with Crippen LogP contribution in [0, 0.1) is 18.6 Å². The minimum atomic E-state index is -0.266. The number of piperazine rings is 1. The predicted octanol–water partition coefficient (Wildman–Crippen LogP) is 6.26. The summed E-state index contributed by atoms with van der Waals surface area (Å²) < 4.78 is 33.0. The topological polar surface area (TPSA) is 15.7 Å². The van der Waals surface area contributed by atoms with Gasteiger partial charge in [0.2, 0.25) is 0 Å². The maximum atomic E-state index is 13.5. The number of nitrogens with zero attached hydrogens (tertiary/aromatic N) is 2. The SMILES string of the molecule is Cc1ccc(Cl)c(O[C@H](CCN2CCN(c3ccc(F)cc3)CC2)c2ccc(F)cc2)c1. The minimum absolute atomic E-state index is 0.215. The fourth-order valence-electron chi connectivity index (χ4n) is 4.01. The second-order valence-electron chi connectivity index (χ2n) is 8.19. The molecular formula is C26H27ClF2N2O. The van der Waals surface area contributed by atoms with E-state index in [0.29, 0.717) is 10.8 Å². The number of rotatable bonds is 7. The van der Waals surface area contributed by atoms with E-state index in [1.54, 1.807) is 12.1 Å². The summed E-state index contributed by atoms with van der Waals surface area (Å²) in [6, 6.07) is 18.9. The van der Waals surface area contributed by atoms with Crippen molar-refractivity contribution in [2.45, 2.75) is 19.4 Å². The maximum Gasteiger partial charge on any atom is 0.139 e. The van der Waals surface area contributed by atoms with Crippen LogP contribution in [0.4, 0.5) is 14.5 Å². The summed E-state index contributed by atoms with van der Waals surface area (Å²) in [5.74, 6) is 0.160. The average molecular weight is 457 g/mol. The maximum absolute atomic E-state index is 13.5. The summed E-state index contributed by atoms with van der Waals surface area (Å²) in [7, 11) is 0. The molecule has 1 saturated heterocycles. The molecule has 1 aliphatic rings. The molecule has 6 heteroatoms. The first-order chi connectivity index (χ1) is 15.5. The fourth-order valence-corrected chi connectivity index (χ4v) is 4.17. The van der Waals surface area contributed by atoms with Crippen LogP contribution in [0.15, 0.2) is 66.7 Å². The Morgan fingerprint density at radius 3 is 2.16 bits per heavy atom. The lowest BCUT2D eigenvalue weighted by molar-refractivity contribution is 0.160. The van der Waals surface area contributed by atoms with Gasteiger partial charge in [-0.05, 0) is 66.6 Å². The van der Waals surface area contributed by atoms with Gasteiger partial charge in [0.25, 0.3) is 0 Å². The van der Waals surface area contributed by atoms with Crippen molar-refractivity contribution in [1.29, 1.82) is 0 Å². The van der Waals surface area contributed by atoms with Gasteiger partial charge >= 0.3 is 0 Å². The van der Waals surface area contributed by atoms with Crippen molar-refractivity contribution in [2.75, 3.05) is 37.6 Å². The lowest BCUT2D eigenvalue weighted by atomic mass is 10.1. The van der Waals surface area contributed by atoms with Gasteiger partial charge in [-0.1, -0.05) is 29.8 Å². The smallest absolute Gasteiger partial charge is 0.139 e. The first-order valence-electron chi connectivity index (χ1n) is 10.9. The number of ether oxygens (including phenoxy) is 1. The lowest BCUT2D eigenvalue weighted by Crippen LogP contribution is -2.46. The van der Waals surface area contributed by atoms with Crippen LogP contribution in [0.1, 0.15) is 23.7 Å². The number of benzene rings is 3. The zero-order chi connectivity index (χ0) is 22.5. The third-order valence-corrected chi connectivity index (χ3v) is 6.18. The first kappa shape index (κ1) is 22.6. The Morgan fingerprint density at radius 1 is 0.875 bits per heavy atom. The van der Waals surface area contributed by atoms with Gasteiger partial charge in [-0.2, -0.15) is 0 Å². The van der Waals surface area contributed by atoms with Gasteiger partial charge in [0.15, 0.2) is 0 Å².